The molecule has 0 N–H and O–H groups in total. The van der Waals surface area contributed by atoms with E-state index in [1.807, 2.05) is 0 Å². The molecule has 0 aromatic heterocycles. The summed E-state index contributed by atoms with van der Waals surface area (Å²) in [5, 5.41) is 0. The van der Waals surface area contributed by atoms with Gasteiger partial charge in [0.05, 0.1) is 0 Å². The van der Waals surface area contributed by atoms with Crippen molar-refractivity contribution < 1.29 is 8.78 Å². The number of alkyl halides is 2. The van der Waals surface area contributed by atoms with E-state index in [1.54, 1.807) is 0 Å². The molecule has 0 aliphatic heterocycles. The second-order valence-corrected chi connectivity index (χ2v) is 5.84. The Morgan fingerprint density at radius 1 is 1.15 bits per heavy atom. The van der Waals surface area contributed by atoms with E-state index in [4.69, 9.17) is 0 Å². The van der Waals surface area contributed by atoms with E-state index in [2.05, 4.69) is 43.3 Å². The zero-order chi connectivity index (χ0) is 14.4. The van der Waals surface area contributed by atoms with E-state index in [1.165, 1.54) is 24.0 Å². The van der Waals surface area contributed by atoms with Crippen LogP contribution in [0.15, 0.2) is 30.3 Å². The lowest BCUT2D eigenvalue weighted by Crippen LogP contribution is -2.23. The molecule has 0 atom stereocenters. The molecule has 0 amide bonds. The second kappa shape index (κ2) is 7.01. The van der Waals surface area contributed by atoms with Gasteiger partial charge in [-0.3, -0.25) is 0 Å². The van der Waals surface area contributed by atoms with Gasteiger partial charge in [0.15, 0.2) is 0 Å². The Morgan fingerprint density at radius 2 is 1.80 bits per heavy atom. The third-order valence-electron chi connectivity index (χ3n) is 4.16. The van der Waals surface area contributed by atoms with Crippen molar-refractivity contribution in [2.45, 2.75) is 63.7 Å². The maximum Gasteiger partial charge on any atom is 0.248 e. The van der Waals surface area contributed by atoms with Crippen LogP contribution in [-0.2, 0) is 0 Å². The number of hydrogen-bond acceptors (Lipinski definition) is 0. The summed E-state index contributed by atoms with van der Waals surface area (Å²) in [7, 11) is 0. The molecule has 0 bridgehead atoms. The summed E-state index contributed by atoms with van der Waals surface area (Å²) >= 11 is 0. The van der Waals surface area contributed by atoms with Crippen LogP contribution < -0.4 is 0 Å². The van der Waals surface area contributed by atoms with Gasteiger partial charge in [0.25, 0.3) is 0 Å². The van der Waals surface area contributed by atoms with Crippen LogP contribution in [0.5, 0.6) is 0 Å². The summed E-state index contributed by atoms with van der Waals surface area (Å²) < 4.78 is 26.3. The number of unbranched alkanes of at least 4 members (excludes halogenated alkanes) is 2. The minimum Gasteiger partial charge on any atom is -0.207 e. The van der Waals surface area contributed by atoms with E-state index >= 15 is 0 Å². The lowest BCUT2D eigenvalue weighted by molar-refractivity contribution is -0.0382. The highest BCUT2D eigenvalue weighted by molar-refractivity contribution is 5.49. The molecule has 0 radical (unpaired) electrons. The molecule has 1 aliphatic rings. The van der Waals surface area contributed by atoms with Gasteiger partial charge in [-0.25, -0.2) is 8.78 Å². The molecule has 0 saturated heterocycles. The summed E-state index contributed by atoms with van der Waals surface area (Å²) in [4.78, 5) is 0. The predicted octanol–water partition coefficient (Wildman–Crippen LogP) is 6.18. The third-order valence-corrected chi connectivity index (χ3v) is 4.16. The minimum atomic E-state index is -2.43. The number of allylic oxidation sites excluding steroid dienone is 1. The Hall–Kier alpha value is -1.18. The van der Waals surface area contributed by atoms with Crippen LogP contribution in [0.4, 0.5) is 8.78 Å². The first-order valence-corrected chi connectivity index (χ1v) is 7.75. The van der Waals surface area contributed by atoms with Crippen molar-refractivity contribution >= 4 is 6.08 Å². The quantitative estimate of drug-likeness (QED) is 0.564. The Morgan fingerprint density at radius 3 is 2.40 bits per heavy atom. The summed E-state index contributed by atoms with van der Waals surface area (Å²) in [6.07, 6.45) is 9.22. The summed E-state index contributed by atoms with van der Waals surface area (Å²) in [6, 6.07) is 8.41. The van der Waals surface area contributed by atoms with Crippen LogP contribution >= 0.6 is 0 Å². The summed E-state index contributed by atoms with van der Waals surface area (Å²) in [6.45, 7) is 2.19. The van der Waals surface area contributed by atoms with Crippen molar-refractivity contribution in [1.29, 1.82) is 0 Å². The van der Waals surface area contributed by atoms with Gasteiger partial charge in [0.2, 0.25) is 5.92 Å². The molecule has 0 heterocycles. The van der Waals surface area contributed by atoms with Crippen molar-refractivity contribution in [3.8, 4) is 0 Å². The smallest absolute Gasteiger partial charge is 0.207 e. The highest BCUT2D eigenvalue weighted by atomic mass is 19.3. The molecule has 1 aromatic carbocycles. The molecule has 1 aliphatic carbocycles. The molecular formula is C18H24F2. The normalized spacial score (nSPS) is 19.6. The topological polar surface area (TPSA) is 0 Å². The minimum absolute atomic E-state index is 0.0380. The average molecular weight is 278 g/mol. The van der Waals surface area contributed by atoms with Crippen molar-refractivity contribution in [2.24, 2.45) is 0 Å². The van der Waals surface area contributed by atoms with Gasteiger partial charge in [-0.15, -0.1) is 0 Å². The monoisotopic (exact) mass is 278 g/mol. The fraction of sp³-hybridized carbons (Fsp3) is 0.556. The van der Waals surface area contributed by atoms with Gasteiger partial charge >= 0.3 is 0 Å². The zero-order valence-corrected chi connectivity index (χ0v) is 12.2. The first kappa shape index (κ1) is 15.2. The number of benzene rings is 1. The van der Waals surface area contributed by atoms with Crippen molar-refractivity contribution in [2.75, 3.05) is 0 Å². The largest absolute Gasteiger partial charge is 0.248 e. The lowest BCUT2D eigenvalue weighted by Gasteiger charge is -2.28. The van der Waals surface area contributed by atoms with Gasteiger partial charge < -0.3 is 0 Å². The van der Waals surface area contributed by atoms with Crippen molar-refractivity contribution in [3.63, 3.8) is 0 Å². The first-order chi connectivity index (χ1) is 9.61. The lowest BCUT2D eigenvalue weighted by atomic mass is 9.82. The molecule has 1 saturated carbocycles. The molecule has 2 heteroatoms. The molecule has 2 rings (SSSR count). The number of halogens is 2. The first-order valence-electron chi connectivity index (χ1n) is 7.75. The molecule has 0 nitrogen and oxygen atoms in total. The second-order valence-electron chi connectivity index (χ2n) is 5.84. The van der Waals surface area contributed by atoms with Gasteiger partial charge in [-0.05, 0) is 36.3 Å². The fourth-order valence-corrected chi connectivity index (χ4v) is 2.79. The fourth-order valence-electron chi connectivity index (χ4n) is 2.79. The molecular weight excluding hydrogens is 254 g/mol. The Balaban J connectivity index is 1.90. The van der Waals surface area contributed by atoms with E-state index < -0.39 is 5.92 Å². The van der Waals surface area contributed by atoms with E-state index in [0.717, 1.165) is 6.42 Å². The molecule has 110 valence electrons. The van der Waals surface area contributed by atoms with E-state index in [0.29, 0.717) is 18.8 Å². The van der Waals surface area contributed by atoms with E-state index in [-0.39, 0.29) is 12.8 Å². The van der Waals surface area contributed by atoms with Crippen LogP contribution in [0.3, 0.4) is 0 Å². The molecule has 0 unspecified atom stereocenters. The average Bonchev–Trinajstić information content (AvgIpc) is 2.45. The third kappa shape index (κ3) is 4.43. The standard InChI is InChI=1S/C18H24F2/c1-2-3-4-5-6-15-7-9-16(10-8-15)17-11-13-18(19,20)14-12-17/h5-10,17H,2-4,11-14H2,1H3/b6-5+. The van der Waals surface area contributed by atoms with Crippen molar-refractivity contribution in [3.05, 3.63) is 41.5 Å². The van der Waals surface area contributed by atoms with Crippen LogP contribution in [-0.4, -0.2) is 5.92 Å². The predicted molar refractivity (Wildman–Crippen MR) is 81.2 cm³/mol. The molecule has 0 spiro atoms. The maximum atomic E-state index is 13.2. The van der Waals surface area contributed by atoms with Crippen LogP contribution in [0, 0.1) is 0 Å². The SMILES string of the molecule is CCCC/C=C/c1ccc(C2CCC(F)(F)CC2)cc1. The maximum absolute atomic E-state index is 13.2. The van der Waals surface area contributed by atoms with Gasteiger partial charge in [0, 0.05) is 12.8 Å². The highest BCUT2D eigenvalue weighted by Crippen LogP contribution is 2.40. The number of hydrogen-bond donors (Lipinski definition) is 0. The molecule has 20 heavy (non-hydrogen) atoms. The Bertz CT molecular complexity index is 421. The van der Waals surface area contributed by atoms with Gasteiger partial charge in [0.1, 0.15) is 0 Å². The van der Waals surface area contributed by atoms with Crippen LogP contribution in [0.1, 0.15) is 68.9 Å². The van der Waals surface area contributed by atoms with Gasteiger partial charge in [-0.2, -0.15) is 0 Å². The Labute approximate surface area is 120 Å². The summed E-state index contributed by atoms with van der Waals surface area (Å²) in [5.74, 6) is -2.12. The Kier molecular flexibility index (Phi) is 5.33. The molecule has 1 fully saturated rings. The summed E-state index contributed by atoms with van der Waals surface area (Å²) in [5.41, 5.74) is 2.41. The van der Waals surface area contributed by atoms with Crippen molar-refractivity contribution in [1.82, 2.24) is 0 Å². The number of rotatable bonds is 5. The zero-order valence-electron chi connectivity index (χ0n) is 12.2. The van der Waals surface area contributed by atoms with Crippen LogP contribution in [0.25, 0.3) is 6.08 Å². The highest BCUT2D eigenvalue weighted by Gasteiger charge is 2.35. The van der Waals surface area contributed by atoms with Gasteiger partial charge in [-0.1, -0.05) is 56.2 Å². The van der Waals surface area contributed by atoms with Crippen LogP contribution in [0.2, 0.25) is 0 Å². The van der Waals surface area contributed by atoms with E-state index in [9.17, 15) is 8.78 Å². The molecule has 1 aromatic rings.